The van der Waals surface area contributed by atoms with Gasteiger partial charge in [-0.3, -0.25) is 4.79 Å². The Morgan fingerprint density at radius 2 is 1.30 bits per heavy atom. The number of fused-ring (bicyclic) bond motifs is 4. The molecule has 19 heteroatoms. The molecule has 0 fully saturated rings. The average Bonchev–Trinajstić information content (AvgIpc) is 4.16. The van der Waals surface area contributed by atoms with Crippen LogP contribution in [-0.2, 0) is 38.1 Å². The van der Waals surface area contributed by atoms with Crippen LogP contribution in [0.3, 0.4) is 0 Å². The van der Waals surface area contributed by atoms with Gasteiger partial charge in [0.2, 0.25) is 25.6 Å². The van der Waals surface area contributed by atoms with Gasteiger partial charge in [-0.2, -0.15) is 0 Å². The number of carbonyl (C=O) groups is 4. The molecule has 2 aromatic heterocycles. The molecule has 0 bridgehead atoms. The zero-order chi connectivity index (χ0) is 48.0. The van der Waals surface area contributed by atoms with Crippen molar-refractivity contribution in [2.24, 2.45) is 0 Å². The Balaban J connectivity index is 0.000000226. The van der Waals surface area contributed by atoms with Crippen molar-refractivity contribution in [3.05, 3.63) is 137 Å². The summed E-state index contributed by atoms with van der Waals surface area (Å²) in [6.07, 6.45) is 3.09. The molecule has 69 heavy (non-hydrogen) atoms. The summed E-state index contributed by atoms with van der Waals surface area (Å²) in [5, 5.41) is 1.58. The number of H-pyrrole nitrogens is 2. The Labute approximate surface area is 419 Å². The van der Waals surface area contributed by atoms with Gasteiger partial charge in [0.15, 0.2) is 34.5 Å². The number of Topliss-reactive ketones (excluding diaryl/α,β-unsaturated/α-hetero) is 1. The molecule has 1 unspecified atom stereocenters. The number of ketones is 1. The number of para-hydroxylation sites is 2. The number of amides is 1. The fourth-order valence-electron chi connectivity index (χ4n) is 6.99. The van der Waals surface area contributed by atoms with E-state index >= 15 is 0 Å². The topological polar surface area (TPSA) is 237 Å². The number of nitrogens with two attached hydrogens (primary N) is 1. The molecule has 0 spiro atoms. The second kappa shape index (κ2) is 22.2. The first kappa shape index (κ1) is 52.7. The maximum absolute atomic E-state index is 13.4. The fraction of sp³-hybridized carbons (Fsp3) is 0.260. The van der Waals surface area contributed by atoms with Crippen LogP contribution in [-0.4, -0.2) is 84.2 Å². The number of aromatic amines is 2. The number of benzene rings is 4. The first-order valence-electron chi connectivity index (χ1n) is 20.8. The van der Waals surface area contributed by atoms with Crippen LogP contribution < -0.4 is 48.5 Å². The summed E-state index contributed by atoms with van der Waals surface area (Å²) in [7, 11) is 2.50. The van der Waals surface area contributed by atoms with Crippen LogP contribution in [0, 0.1) is 0 Å². The average molecular weight is 954 g/mol. The molecule has 0 saturated heterocycles. The van der Waals surface area contributed by atoms with Crippen LogP contribution in [0.5, 0.6) is 23.0 Å². The van der Waals surface area contributed by atoms with E-state index in [1.807, 2.05) is 48.5 Å². The molecule has 6 aromatic rings. The molecule has 9 rings (SSSR count). The van der Waals surface area contributed by atoms with Gasteiger partial charge in [0, 0.05) is 50.9 Å². The van der Waals surface area contributed by atoms with Crippen LogP contribution in [0.25, 0.3) is 39.8 Å². The quantitative estimate of drug-likeness (QED) is 0.0238. The van der Waals surface area contributed by atoms with Crippen molar-refractivity contribution in [2.75, 3.05) is 27.8 Å². The van der Waals surface area contributed by atoms with E-state index in [9.17, 15) is 24.0 Å². The van der Waals surface area contributed by atoms with E-state index in [-0.39, 0.29) is 71.9 Å². The van der Waals surface area contributed by atoms with E-state index in [1.165, 1.54) is 31.7 Å². The summed E-state index contributed by atoms with van der Waals surface area (Å²) in [5.74, 6) is 0.679. The van der Waals surface area contributed by atoms with E-state index in [4.69, 9.17) is 37.9 Å². The van der Waals surface area contributed by atoms with E-state index in [0.29, 0.717) is 45.3 Å². The molecule has 0 radical (unpaired) electrons. The van der Waals surface area contributed by atoms with Crippen molar-refractivity contribution in [3.8, 4) is 23.0 Å². The van der Waals surface area contributed by atoms with Crippen LogP contribution in [0.15, 0.2) is 109 Å². The minimum absolute atomic E-state index is 0. The number of ether oxygens (including phenoxy) is 9. The van der Waals surface area contributed by atoms with E-state index in [0.717, 1.165) is 21.8 Å². The number of hydrogen-bond donors (Lipinski definition) is 2. The van der Waals surface area contributed by atoms with Crippen molar-refractivity contribution in [3.63, 3.8) is 0 Å². The number of methoxy groups -OCH3 is 2. The standard InChI is InChI=1S/C25H24N2O7.C20H15NO5.C5H9O2.H2N.Na/c1-25(2,3)34-24(29)27-20(23(28)30-4)21(16-12-26-17-8-6-5-7-15(16)17)33-22(27)14-9-10-18-19(11-14)32-13-31-18;1-24-20(23)14(8-12-6-7-17-18(9-12)26-11-25-17)19(22)15-10-21-16-5-3-2-4-13(15)16;1-5(2,3)7-4-6;;/h5-12,22,26H,13H2,1-4H3;2-10,21H,11H2,1H3;1-3H3;1H2;/q;;2*-1;+1/b;14-8+;;;. The van der Waals surface area contributed by atoms with Gasteiger partial charge in [-0.05, 0) is 95.6 Å². The summed E-state index contributed by atoms with van der Waals surface area (Å²) in [5.41, 5.74) is 2.64. The van der Waals surface area contributed by atoms with E-state index in [1.54, 1.807) is 90.3 Å². The predicted octanol–water partition coefficient (Wildman–Crippen LogP) is 6.63. The van der Waals surface area contributed by atoms with E-state index < -0.39 is 35.6 Å². The van der Waals surface area contributed by atoms with Crippen molar-refractivity contribution in [1.29, 1.82) is 0 Å². The number of nitrogens with zero attached hydrogens (tertiary/aromatic N) is 1. The van der Waals surface area contributed by atoms with Crippen LogP contribution in [0.1, 0.15) is 74.8 Å². The molecule has 3 aliphatic heterocycles. The molecule has 1 amide bonds. The van der Waals surface area contributed by atoms with Gasteiger partial charge < -0.3 is 63.5 Å². The normalized spacial score (nSPS) is 14.5. The van der Waals surface area contributed by atoms with Crippen molar-refractivity contribution >= 4 is 63.9 Å². The zero-order valence-corrected chi connectivity index (χ0v) is 41.5. The largest absolute Gasteiger partial charge is 1.00 e. The Bertz CT molecular complexity index is 2920. The smallest absolute Gasteiger partial charge is 0.693 e. The second-order valence-electron chi connectivity index (χ2n) is 16.9. The summed E-state index contributed by atoms with van der Waals surface area (Å²) < 4.78 is 47.8. The molecular weight excluding hydrogens is 904 g/mol. The Morgan fingerprint density at radius 3 is 1.90 bits per heavy atom. The maximum atomic E-state index is 13.4. The third-order valence-electron chi connectivity index (χ3n) is 9.94. The summed E-state index contributed by atoms with van der Waals surface area (Å²) in [6.45, 7) is 12.2. The fourth-order valence-corrected chi connectivity index (χ4v) is 6.99. The molecule has 5 heterocycles. The predicted molar refractivity (Wildman–Crippen MR) is 249 cm³/mol. The minimum Gasteiger partial charge on any atom is -0.693 e. The van der Waals surface area contributed by atoms with Gasteiger partial charge >= 0.3 is 47.6 Å². The second-order valence-corrected chi connectivity index (χ2v) is 16.9. The Kier molecular flexibility index (Phi) is 17.0. The monoisotopic (exact) mass is 953 g/mol. The van der Waals surface area contributed by atoms with Crippen LogP contribution in [0.4, 0.5) is 4.79 Å². The third kappa shape index (κ3) is 12.1. The first-order valence-corrected chi connectivity index (χ1v) is 20.8. The Morgan fingerprint density at radius 1 is 0.725 bits per heavy atom. The maximum Gasteiger partial charge on any atom is 1.00 e. The van der Waals surface area contributed by atoms with Gasteiger partial charge in [-0.1, -0.05) is 48.9 Å². The summed E-state index contributed by atoms with van der Waals surface area (Å²) >= 11 is 0. The van der Waals surface area contributed by atoms with Crippen LogP contribution in [0.2, 0.25) is 0 Å². The SMILES string of the molecule is CC(C)(C)O[C-]=O.COC(=O)/C(=C/c1ccc2c(c1)OCO2)C(=O)c1c[nH]c2ccccc12.COC(=O)C1=C(c2c[nH]c3ccccc23)OC(c2ccc3c(c2)OCO3)N1C(=O)OC(C)(C)C.[NH2-].[Na+]. The number of hydrogen-bond acceptors (Lipinski definition) is 14. The summed E-state index contributed by atoms with van der Waals surface area (Å²) in [6, 6.07) is 25.4. The van der Waals surface area contributed by atoms with Crippen molar-refractivity contribution in [1.82, 2.24) is 14.9 Å². The molecule has 1 atom stereocenters. The van der Waals surface area contributed by atoms with Crippen molar-refractivity contribution in [2.45, 2.75) is 59.0 Å². The Hall–Kier alpha value is -7.25. The molecule has 4 aromatic carbocycles. The molecule has 4 N–H and O–H groups in total. The van der Waals surface area contributed by atoms with Gasteiger partial charge in [0.25, 0.3) is 0 Å². The van der Waals surface area contributed by atoms with E-state index in [2.05, 4.69) is 14.7 Å². The molecular formula is C50H50N4NaO14-. The molecule has 3 aliphatic rings. The number of nitrogens with one attached hydrogen (secondary N) is 2. The minimum atomic E-state index is -0.998. The number of esters is 2. The molecule has 356 valence electrons. The third-order valence-corrected chi connectivity index (χ3v) is 9.94. The first-order chi connectivity index (χ1) is 32.0. The number of rotatable bonds is 8. The van der Waals surface area contributed by atoms with Crippen LogP contribution >= 0.6 is 0 Å². The molecule has 0 aliphatic carbocycles. The zero-order valence-electron chi connectivity index (χ0n) is 39.5. The molecule has 0 saturated carbocycles. The molecule has 18 nitrogen and oxygen atoms in total. The van der Waals surface area contributed by atoms with Gasteiger partial charge in [0.1, 0.15) is 11.2 Å². The van der Waals surface area contributed by atoms with Crippen molar-refractivity contribution < 1.29 is 96.2 Å². The van der Waals surface area contributed by atoms with Gasteiger partial charge in [-0.25, -0.2) is 19.3 Å². The summed E-state index contributed by atoms with van der Waals surface area (Å²) in [4.78, 5) is 68.6. The number of carbonyl (C=O) groups excluding carboxylic acids is 5. The number of aromatic nitrogens is 2. The van der Waals surface area contributed by atoms with Gasteiger partial charge in [0.05, 0.1) is 19.8 Å². The van der Waals surface area contributed by atoms with Gasteiger partial charge in [-0.15, -0.1) is 0 Å².